The van der Waals surface area contributed by atoms with E-state index >= 15 is 0 Å². The van der Waals surface area contributed by atoms with E-state index in [-0.39, 0.29) is 6.42 Å². The van der Waals surface area contributed by atoms with Gasteiger partial charge in [0, 0.05) is 12.4 Å². The fourth-order valence-electron chi connectivity index (χ4n) is 2.32. The second kappa shape index (κ2) is 5.89. The van der Waals surface area contributed by atoms with E-state index in [1.807, 2.05) is 49.5 Å². The highest BCUT2D eigenvalue weighted by Crippen LogP contribution is 2.21. The number of aliphatic carboxylic acids is 1. The Morgan fingerprint density at radius 3 is 2.86 bits per heavy atom. The molecule has 1 aromatic carbocycles. The summed E-state index contributed by atoms with van der Waals surface area (Å²) >= 11 is 0. The van der Waals surface area contributed by atoms with Gasteiger partial charge >= 0.3 is 5.97 Å². The number of rotatable bonds is 5. The molecule has 2 heterocycles. The van der Waals surface area contributed by atoms with Gasteiger partial charge in [0.2, 0.25) is 0 Å². The number of benzene rings is 1. The molecule has 112 valence electrons. The van der Waals surface area contributed by atoms with Crippen LogP contribution in [0.15, 0.2) is 48.8 Å². The minimum Gasteiger partial charge on any atom is -0.485 e. The van der Waals surface area contributed by atoms with E-state index in [2.05, 4.69) is 4.98 Å². The van der Waals surface area contributed by atoms with Crippen LogP contribution in [0, 0.1) is 6.92 Å². The van der Waals surface area contributed by atoms with Crippen LogP contribution >= 0.6 is 0 Å². The van der Waals surface area contributed by atoms with Crippen LogP contribution in [0.1, 0.15) is 16.8 Å². The number of aromatic nitrogens is 2. The third-order valence-corrected chi connectivity index (χ3v) is 3.47. The molecule has 0 radical (unpaired) electrons. The van der Waals surface area contributed by atoms with Gasteiger partial charge in [0.25, 0.3) is 0 Å². The molecule has 0 saturated carbocycles. The summed E-state index contributed by atoms with van der Waals surface area (Å²) in [7, 11) is 0. The summed E-state index contributed by atoms with van der Waals surface area (Å²) in [6.45, 7) is 2.49. The first-order valence-electron chi connectivity index (χ1n) is 6.99. The first-order chi connectivity index (χ1) is 10.6. The van der Waals surface area contributed by atoms with Crippen molar-refractivity contribution >= 4 is 11.6 Å². The van der Waals surface area contributed by atoms with Crippen molar-refractivity contribution in [3.63, 3.8) is 0 Å². The summed E-state index contributed by atoms with van der Waals surface area (Å²) in [5.41, 5.74) is 3.43. The number of aryl methyl sites for hydroxylation is 1. The molecule has 0 aliphatic heterocycles. The number of pyridine rings is 1. The number of carboxylic acid groups (broad SMARTS) is 1. The number of imidazole rings is 1. The monoisotopic (exact) mass is 296 g/mol. The molecule has 0 aliphatic rings. The number of carbonyl (C=O) groups is 1. The first-order valence-corrected chi connectivity index (χ1v) is 6.99. The molecule has 0 fully saturated rings. The summed E-state index contributed by atoms with van der Waals surface area (Å²) in [4.78, 5) is 15.1. The van der Waals surface area contributed by atoms with Crippen LogP contribution in [0.25, 0.3) is 5.65 Å². The van der Waals surface area contributed by atoms with Crippen molar-refractivity contribution in [3.05, 3.63) is 65.6 Å². The maximum atomic E-state index is 10.8. The Morgan fingerprint density at radius 2 is 2.09 bits per heavy atom. The highest BCUT2D eigenvalue weighted by molar-refractivity contribution is 5.70. The molecule has 2 aromatic heterocycles. The smallest absolute Gasteiger partial charge is 0.309 e. The van der Waals surface area contributed by atoms with Crippen LogP contribution in [0.4, 0.5) is 0 Å². The maximum Gasteiger partial charge on any atom is 0.309 e. The predicted octanol–water partition coefficient (Wildman–Crippen LogP) is 2.85. The van der Waals surface area contributed by atoms with E-state index in [1.54, 1.807) is 10.6 Å². The van der Waals surface area contributed by atoms with Gasteiger partial charge in [-0.05, 0) is 30.2 Å². The van der Waals surface area contributed by atoms with Crippen molar-refractivity contribution < 1.29 is 14.6 Å². The van der Waals surface area contributed by atoms with Crippen LogP contribution in [0.3, 0.4) is 0 Å². The second-order valence-electron chi connectivity index (χ2n) is 5.12. The van der Waals surface area contributed by atoms with Gasteiger partial charge < -0.3 is 14.2 Å². The Kier molecular flexibility index (Phi) is 3.78. The third kappa shape index (κ3) is 2.93. The molecule has 1 N–H and O–H groups in total. The molecule has 0 atom stereocenters. The Bertz CT molecular complexity index is 824. The minimum absolute atomic E-state index is 0.0983. The van der Waals surface area contributed by atoms with E-state index in [1.165, 1.54) is 5.56 Å². The van der Waals surface area contributed by atoms with Crippen molar-refractivity contribution in [2.24, 2.45) is 0 Å². The number of nitrogens with zero attached hydrogens (tertiary/aromatic N) is 2. The van der Waals surface area contributed by atoms with E-state index in [4.69, 9.17) is 9.84 Å². The van der Waals surface area contributed by atoms with Gasteiger partial charge in [0.15, 0.2) is 11.4 Å². The van der Waals surface area contributed by atoms with Crippen LogP contribution in [0.2, 0.25) is 0 Å². The van der Waals surface area contributed by atoms with Crippen LogP contribution in [0.5, 0.6) is 5.75 Å². The zero-order valence-electron chi connectivity index (χ0n) is 12.2. The fraction of sp³-hybridized carbons (Fsp3) is 0.176. The van der Waals surface area contributed by atoms with Crippen LogP contribution in [-0.4, -0.2) is 20.5 Å². The largest absolute Gasteiger partial charge is 0.485 e. The first kappa shape index (κ1) is 14.1. The molecule has 5 nitrogen and oxygen atoms in total. The summed E-state index contributed by atoms with van der Waals surface area (Å²) in [6.07, 6.45) is 3.44. The molecule has 0 spiro atoms. The molecule has 0 amide bonds. The summed E-state index contributed by atoms with van der Waals surface area (Å²) in [5.74, 6) is -0.256. The van der Waals surface area contributed by atoms with E-state index in [9.17, 15) is 4.79 Å². The van der Waals surface area contributed by atoms with Crippen LogP contribution in [-0.2, 0) is 17.8 Å². The van der Waals surface area contributed by atoms with Gasteiger partial charge in [-0.1, -0.05) is 24.3 Å². The molecule has 22 heavy (non-hydrogen) atoms. The lowest BCUT2D eigenvalue weighted by Crippen LogP contribution is -2.00. The molecule has 5 heteroatoms. The van der Waals surface area contributed by atoms with Gasteiger partial charge in [0.05, 0.1) is 12.1 Å². The Balaban J connectivity index is 1.86. The predicted molar refractivity (Wildman–Crippen MR) is 82.0 cm³/mol. The van der Waals surface area contributed by atoms with Gasteiger partial charge in [-0.3, -0.25) is 4.79 Å². The molecular weight excluding hydrogens is 280 g/mol. The number of fused-ring (bicyclic) bond motifs is 1. The number of carboxylic acids is 1. The number of ether oxygens (including phenoxy) is 1. The van der Waals surface area contributed by atoms with Gasteiger partial charge in [-0.25, -0.2) is 4.98 Å². The average molecular weight is 296 g/mol. The van der Waals surface area contributed by atoms with Crippen molar-refractivity contribution in [2.45, 2.75) is 20.0 Å². The number of hydrogen-bond acceptors (Lipinski definition) is 3. The second-order valence-corrected chi connectivity index (χ2v) is 5.12. The third-order valence-electron chi connectivity index (χ3n) is 3.47. The SMILES string of the molecule is Cc1ccccc1COc1cccn2cc(CC(=O)O)nc12. The zero-order chi connectivity index (χ0) is 15.5. The average Bonchev–Trinajstić information content (AvgIpc) is 2.88. The Labute approximate surface area is 127 Å². The standard InChI is InChI=1S/C17H16N2O3/c1-12-5-2-3-6-13(12)11-22-15-7-4-8-19-10-14(9-16(20)21)18-17(15)19/h2-8,10H,9,11H2,1H3,(H,20,21). The number of hydrogen-bond donors (Lipinski definition) is 1. The summed E-state index contributed by atoms with van der Waals surface area (Å²) < 4.78 is 7.66. The van der Waals surface area contributed by atoms with E-state index in [0.717, 1.165) is 5.56 Å². The van der Waals surface area contributed by atoms with Gasteiger partial charge in [-0.2, -0.15) is 0 Å². The molecule has 3 rings (SSSR count). The fourth-order valence-corrected chi connectivity index (χ4v) is 2.32. The molecule has 0 saturated heterocycles. The highest BCUT2D eigenvalue weighted by atomic mass is 16.5. The molecular formula is C17H16N2O3. The van der Waals surface area contributed by atoms with E-state index in [0.29, 0.717) is 23.7 Å². The lowest BCUT2D eigenvalue weighted by Gasteiger charge is -2.09. The minimum atomic E-state index is -0.897. The lowest BCUT2D eigenvalue weighted by molar-refractivity contribution is -0.136. The quantitative estimate of drug-likeness (QED) is 0.786. The van der Waals surface area contributed by atoms with Gasteiger partial charge in [0.1, 0.15) is 6.61 Å². The van der Waals surface area contributed by atoms with Gasteiger partial charge in [-0.15, -0.1) is 0 Å². The normalized spacial score (nSPS) is 10.8. The lowest BCUT2D eigenvalue weighted by atomic mass is 10.1. The van der Waals surface area contributed by atoms with Crippen molar-refractivity contribution in [1.29, 1.82) is 0 Å². The topological polar surface area (TPSA) is 63.8 Å². The van der Waals surface area contributed by atoms with Crippen molar-refractivity contribution in [1.82, 2.24) is 9.38 Å². The Morgan fingerprint density at radius 1 is 1.27 bits per heavy atom. The molecule has 0 unspecified atom stereocenters. The van der Waals surface area contributed by atoms with E-state index < -0.39 is 5.97 Å². The Hall–Kier alpha value is -2.82. The van der Waals surface area contributed by atoms with Crippen molar-refractivity contribution in [2.75, 3.05) is 0 Å². The highest BCUT2D eigenvalue weighted by Gasteiger charge is 2.10. The van der Waals surface area contributed by atoms with Crippen molar-refractivity contribution in [3.8, 4) is 5.75 Å². The maximum absolute atomic E-state index is 10.8. The molecule has 0 bridgehead atoms. The summed E-state index contributed by atoms with van der Waals surface area (Å²) in [6, 6.07) is 11.7. The molecule has 0 aliphatic carbocycles. The molecule has 3 aromatic rings. The summed E-state index contributed by atoms with van der Waals surface area (Å²) in [5, 5.41) is 8.86. The zero-order valence-corrected chi connectivity index (χ0v) is 12.2. The van der Waals surface area contributed by atoms with Crippen LogP contribution < -0.4 is 4.74 Å².